The van der Waals surface area contributed by atoms with E-state index in [9.17, 15) is 4.79 Å². The van der Waals surface area contributed by atoms with Crippen LogP contribution >= 0.6 is 0 Å². The van der Waals surface area contributed by atoms with Gasteiger partial charge in [0, 0.05) is 30.9 Å². The van der Waals surface area contributed by atoms with Crippen LogP contribution in [0.5, 0.6) is 0 Å². The topological polar surface area (TPSA) is 41.6 Å². The maximum atomic E-state index is 12.2. The maximum absolute atomic E-state index is 12.2. The van der Waals surface area contributed by atoms with Gasteiger partial charge in [0.15, 0.2) is 0 Å². The summed E-state index contributed by atoms with van der Waals surface area (Å²) in [5, 5.41) is 3.01. The van der Waals surface area contributed by atoms with E-state index in [1.807, 2.05) is 24.3 Å². The third-order valence-electron chi connectivity index (χ3n) is 4.55. The van der Waals surface area contributed by atoms with Gasteiger partial charge in [0.1, 0.15) is 0 Å². The molecule has 0 aliphatic carbocycles. The summed E-state index contributed by atoms with van der Waals surface area (Å²) in [4.78, 5) is 14.5. The number of hydrogen-bond donors (Lipinski definition) is 1. The van der Waals surface area contributed by atoms with Crippen LogP contribution in [0.3, 0.4) is 0 Å². The first kappa shape index (κ1) is 17.5. The third kappa shape index (κ3) is 5.07. The molecule has 4 heteroatoms. The van der Waals surface area contributed by atoms with E-state index in [1.165, 1.54) is 11.1 Å². The lowest BCUT2D eigenvalue weighted by molar-refractivity contribution is 0.0953. The third-order valence-corrected chi connectivity index (χ3v) is 4.55. The fourth-order valence-electron chi connectivity index (χ4n) is 3.00. The SMILES string of the molecule is Cc1ccc(CCCNC(=O)c2ccc(N3CCOCC3)cc2)cc1. The molecule has 0 radical (unpaired) electrons. The normalized spacial score (nSPS) is 14.4. The molecule has 25 heavy (non-hydrogen) atoms. The molecule has 0 atom stereocenters. The van der Waals surface area contributed by atoms with Gasteiger partial charge in [0.25, 0.3) is 5.91 Å². The van der Waals surface area contributed by atoms with Crippen LogP contribution in [-0.4, -0.2) is 38.8 Å². The van der Waals surface area contributed by atoms with Crippen molar-refractivity contribution in [2.45, 2.75) is 19.8 Å². The Morgan fingerprint density at radius 3 is 2.40 bits per heavy atom. The zero-order valence-electron chi connectivity index (χ0n) is 14.8. The van der Waals surface area contributed by atoms with Gasteiger partial charge in [-0.2, -0.15) is 0 Å². The molecule has 1 amide bonds. The van der Waals surface area contributed by atoms with Crippen LogP contribution in [0, 0.1) is 6.92 Å². The molecule has 1 aliphatic heterocycles. The molecule has 1 saturated heterocycles. The van der Waals surface area contributed by atoms with Crippen LogP contribution in [0.1, 0.15) is 27.9 Å². The lowest BCUT2D eigenvalue weighted by atomic mass is 10.1. The Hall–Kier alpha value is -2.33. The fourth-order valence-corrected chi connectivity index (χ4v) is 3.00. The molecule has 2 aromatic rings. The summed E-state index contributed by atoms with van der Waals surface area (Å²) in [6.07, 6.45) is 1.93. The first-order valence-corrected chi connectivity index (χ1v) is 8.99. The zero-order valence-corrected chi connectivity index (χ0v) is 14.8. The van der Waals surface area contributed by atoms with Crippen LogP contribution in [0.25, 0.3) is 0 Å². The smallest absolute Gasteiger partial charge is 0.251 e. The number of ether oxygens (including phenoxy) is 1. The van der Waals surface area contributed by atoms with Gasteiger partial charge in [-0.1, -0.05) is 29.8 Å². The summed E-state index contributed by atoms with van der Waals surface area (Å²) in [7, 11) is 0. The van der Waals surface area contributed by atoms with E-state index in [0.29, 0.717) is 12.1 Å². The second-order valence-corrected chi connectivity index (χ2v) is 6.49. The van der Waals surface area contributed by atoms with Crippen LogP contribution in [0.15, 0.2) is 48.5 Å². The number of benzene rings is 2. The van der Waals surface area contributed by atoms with E-state index in [-0.39, 0.29) is 5.91 Å². The van der Waals surface area contributed by atoms with Gasteiger partial charge in [-0.15, -0.1) is 0 Å². The van der Waals surface area contributed by atoms with E-state index in [0.717, 1.165) is 44.8 Å². The highest BCUT2D eigenvalue weighted by atomic mass is 16.5. The van der Waals surface area contributed by atoms with Gasteiger partial charge >= 0.3 is 0 Å². The van der Waals surface area contributed by atoms with Crippen molar-refractivity contribution in [1.82, 2.24) is 5.32 Å². The molecule has 3 rings (SSSR count). The minimum absolute atomic E-state index is 0.00238. The van der Waals surface area contributed by atoms with Gasteiger partial charge < -0.3 is 15.0 Å². The Balaban J connectivity index is 1.43. The van der Waals surface area contributed by atoms with Crippen molar-refractivity contribution in [2.24, 2.45) is 0 Å². The number of anilines is 1. The maximum Gasteiger partial charge on any atom is 0.251 e. The number of morpholine rings is 1. The highest BCUT2D eigenvalue weighted by Gasteiger charge is 2.12. The molecule has 1 aliphatic rings. The summed E-state index contributed by atoms with van der Waals surface area (Å²) < 4.78 is 5.37. The van der Waals surface area contributed by atoms with E-state index < -0.39 is 0 Å². The molecule has 1 fully saturated rings. The highest BCUT2D eigenvalue weighted by molar-refractivity contribution is 5.94. The number of nitrogens with zero attached hydrogens (tertiary/aromatic N) is 1. The highest BCUT2D eigenvalue weighted by Crippen LogP contribution is 2.16. The van der Waals surface area contributed by atoms with Crippen molar-refractivity contribution in [3.05, 3.63) is 65.2 Å². The van der Waals surface area contributed by atoms with Crippen molar-refractivity contribution in [3.63, 3.8) is 0 Å². The Bertz CT molecular complexity index is 674. The summed E-state index contributed by atoms with van der Waals surface area (Å²) in [5.74, 6) is -0.00238. The number of carbonyl (C=O) groups excluding carboxylic acids is 1. The van der Waals surface area contributed by atoms with Crippen molar-refractivity contribution >= 4 is 11.6 Å². The number of nitrogens with one attached hydrogen (secondary N) is 1. The molecule has 2 aromatic carbocycles. The lowest BCUT2D eigenvalue weighted by Gasteiger charge is -2.28. The monoisotopic (exact) mass is 338 g/mol. The Labute approximate surface area is 149 Å². The Kier molecular flexibility index (Phi) is 6.07. The molecule has 1 N–H and O–H groups in total. The quantitative estimate of drug-likeness (QED) is 0.823. The Morgan fingerprint density at radius 1 is 1.04 bits per heavy atom. The first-order valence-electron chi connectivity index (χ1n) is 8.99. The van der Waals surface area contributed by atoms with Crippen LogP contribution in [0.2, 0.25) is 0 Å². The van der Waals surface area contributed by atoms with Gasteiger partial charge in [-0.25, -0.2) is 0 Å². The number of amides is 1. The molecule has 0 saturated carbocycles. The predicted molar refractivity (Wildman–Crippen MR) is 101 cm³/mol. The summed E-state index contributed by atoms with van der Waals surface area (Å²) in [5.41, 5.74) is 4.46. The molecule has 0 spiro atoms. The van der Waals surface area contributed by atoms with E-state index >= 15 is 0 Å². The minimum atomic E-state index is -0.00238. The molecular formula is C21H26N2O2. The number of rotatable bonds is 6. The average molecular weight is 338 g/mol. The summed E-state index contributed by atoms with van der Waals surface area (Å²) in [6.45, 7) is 6.13. The lowest BCUT2D eigenvalue weighted by Crippen LogP contribution is -2.36. The standard InChI is InChI=1S/C21H26N2O2/c1-17-4-6-18(7-5-17)3-2-12-22-21(24)19-8-10-20(11-9-19)23-13-15-25-16-14-23/h4-11H,2-3,12-16H2,1H3,(H,22,24). The largest absolute Gasteiger partial charge is 0.378 e. The number of carbonyl (C=O) groups is 1. The molecule has 0 unspecified atom stereocenters. The van der Waals surface area contributed by atoms with Crippen molar-refractivity contribution in [3.8, 4) is 0 Å². The van der Waals surface area contributed by atoms with E-state index in [2.05, 4.69) is 41.4 Å². The van der Waals surface area contributed by atoms with Gasteiger partial charge in [0.2, 0.25) is 0 Å². The van der Waals surface area contributed by atoms with E-state index in [4.69, 9.17) is 4.74 Å². The number of aryl methyl sites for hydroxylation is 2. The molecule has 132 valence electrons. The van der Waals surface area contributed by atoms with Crippen LogP contribution in [0.4, 0.5) is 5.69 Å². The van der Waals surface area contributed by atoms with Gasteiger partial charge in [0.05, 0.1) is 13.2 Å². The average Bonchev–Trinajstić information content (AvgIpc) is 2.67. The van der Waals surface area contributed by atoms with Gasteiger partial charge in [-0.3, -0.25) is 4.79 Å². The molecular weight excluding hydrogens is 312 g/mol. The van der Waals surface area contributed by atoms with Gasteiger partial charge in [-0.05, 0) is 49.6 Å². The Morgan fingerprint density at radius 2 is 1.72 bits per heavy atom. The second kappa shape index (κ2) is 8.67. The van der Waals surface area contributed by atoms with E-state index in [1.54, 1.807) is 0 Å². The van der Waals surface area contributed by atoms with Crippen molar-refractivity contribution in [2.75, 3.05) is 37.7 Å². The minimum Gasteiger partial charge on any atom is -0.378 e. The molecule has 0 aromatic heterocycles. The summed E-state index contributed by atoms with van der Waals surface area (Å²) >= 11 is 0. The predicted octanol–water partition coefficient (Wildman–Crippen LogP) is 3.19. The zero-order chi connectivity index (χ0) is 17.5. The van der Waals surface area contributed by atoms with Crippen molar-refractivity contribution < 1.29 is 9.53 Å². The van der Waals surface area contributed by atoms with Crippen LogP contribution in [-0.2, 0) is 11.2 Å². The van der Waals surface area contributed by atoms with Crippen LogP contribution < -0.4 is 10.2 Å². The number of hydrogen-bond acceptors (Lipinski definition) is 3. The fraction of sp³-hybridized carbons (Fsp3) is 0.381. The molecule has 4 nitrogen and oxygen atoms in total. The second-order valence-electron chi connectivity index (χ2n) is 6.49. The van der Waals surface area contributed by atoms with Crippen molar-refractivity contribution in [1.29, 1.82) is 0 Å². The first-order chi connectivity index (χ1) is 12.2. The molecule has 1 heterocycles. The summed E-state index contributed by atoms with van der Waals surface area (Å²) in [6, 6.07) is 16.4. The molecule has 0 bridgehead atoms.